The summed E-state index contributed by atoms with van der Waals surface area (Å²) in [4.78, 5) is 10.8. The van der Waals surface area contributed by atoms with Gasteiger partial charge < -0.3 is 8.98 Å². The van der Waals surface area contributed by atoms with Crippen LogP contribution in [0, 0.1) is 0 Å². The molecule has 0 radical (unpaired) electrons. The highest BCUT2D eigenvalue weighted by Gasteiger charge is 2.36. The molecule has 1 aliphatic rings. The highest BCUT2D eigenvalue weighted by atomic mass is 16.3. The third kappa shape index (κ3) is 5.34. The number of furan rings is 1. The van der Waals surface area contributed by atoms with Crippen LogP contribution in [-0.4, -0.2) is 19.1 Å². The monoisotopic (exact) mass is 844 g/mol. The number of para-hydroxylation sites is 2. The van der Waals surface area contributed by atoms with E-state index in [9.17, 15) is 0 Å². The van der Waals surface area contributed by atoms with Crippen molar-refractivity contribution in [2.24, 2.45) is 0 Å². The molecule has 0 spiro atoms. The van der Waals surface area contributed by atoms with Crippen LogP contribution in [-0.2, 0) is 5.41 Å². The maximum absolute atomic E-state index is 6.44. The number of fused-ring (bicyclic) bond motifs is 12. The van der Waals surface area contributed by atoms with Crippen molar-refractivity contribution in [3.05, 3.63) is 217 Å². The number of aromatic nitrogens is 4. The van der Waals surface area contributed by atoms with Crippen LogP contribution in [0.3, 0.4) is 0 Å². The van der Waals surface area contributed by atoms with Crippen molar-refractivity contribution < 1.29 is 4.42 Å². The molecule has 4 aromatic heterocycles. The summed E-state index contributed by atoms with van der Waals surface area (Å²) in [6.45, 7) is 4.69. The van der Waals surface area contributed by atoms with Crippen molar-refractivity contribution in [2.45, 2.75) is 19.3 Å². The number of benzene rings is 9. The summed E-state index contributed by atoms with van der Waals surface area (Å²) in [6, 6.07) is 74.1. The van der Waals surface area contributed by atoms with Gasteiger partial charge in [-0.3, -0.25) is 4.57 Å². The van der Waals surface area contributed by atoms with Gasteiger partial charge in [0.15, 0.2) is 0 Å². The van der Waals surface area contributed by atoms with E-state index in [1.807, 2.05) is 18.2 Å². The molecule has 0 N–H and O–H groups in total. The fourth-order valence-electron chi connectivity index (χ4n) is 10.9. The smallest absolute Gasteiger partial charge is 0.235 e. The van der Waals surface area contributed by atoms with Gasteiger partial charge in [-0.2, -0.15) is 0 Å². The predicted molar refractivity (Wildman–Crippen MR) is 272 cm³/mol. The van der Waals surface area contributed by atoms with Gasteiger partial charge in [-0.1, -0.05) is 147 Å². The van der Waals surface area contributed by atoms with Gasteiger partial charge in [0, 0.05) is 60.6 Å². The molecule has 0 saturated carbocycles. The fraction of sp³-hybridized carbons (Fsp3) is 0.0492. The van der Waals surface area contributed by atoms with Crippen molar-refractivity contribution in [2.75, 3.05) is 0 Å². The Hall–Kier alpha value is -8.54. The standard InChI is InChI=1S/C61H40N4O/c1-61(2)50-24-14-12-22-42(50)44-32-47-46-31-40(27-29-55(46)65(56(47)34-51(44)61)60-62-52(37-16-6-3-7-17-37)35-53(63-60)38-18-8-4-9-19-38)39-26-28-54-45(30-39)48-33-49-43-23-13-15-25-58(43)66-59(49)36-57(48)64(54)41-20-10-5-11-21-41/h3-36H,1-2H3. The van der Waals surface area contributed by atoms with Crippen LogP contribution < -0.4 is 0 Å². The molecule has 0 fully saturated rings. The topological polar surface area (TPSA) is 48.8 Å². The molecule has 13 aromatic rings. The second-order valence-electron chi connectivity index (χ2n) is 18.2. The van der Waals surface area contributed by atoms with Crippen molar-refractivity contribution in [1.82, 2.24) is 19.1 Å². The maximum Gasteiger partial charge on any atom is 0.235 e. The summed E-state index contributed by atoms with van der Waals surface area (Å²) in [6.07, 6.45) is 0. The Labute approximate surface area is 380 Å². The van der Waals surface area contributed by atoms with E-state index in [0.717, 1.165) is 88.7 Å². The summed E-state index contributed by atoms with van der Waals surface area (Å²) in [5.41, 5.74) is 18.5. The van der Waals surface area contributed by atoms with Crippen LogP contribution in [0.5, 0.6) is 0 Å². The van der Waals surface area contributed by atoms with Gasteiger partial charge >= 0.3 is 0 Å². The van der Waals surface area contributed by atoms with E-state index in [4.69, 9.17) is 14.4 Å². The van der Waals surface area contributed by atoms with E-state index in [1.54, 1.807) is 0 Å². The normalized spacial score (nSPS) is 13.1. The second kappa shape index (κ2) is 13.7. The van der Waals surface area contributed by atoms with Gasteiger partial charge in [0.25, 0.3) is 0 Å². The molecule has 1 aliphatic carbocycles. The SMILES string of the molecule is CC1(C)c2ccccc2-c2cc3c4cc(-c5ccc6c(c5)c5cc7c(cc5n6-c5ccccc5)oc5ccccc57)ccc4n(-c4nc(-c5ccccc5)cc(-c5ccccc5)n4)c3cc21. The Morgan fingerprint density at radius 2 is 0.924 bits per heavy atom. The minimum atomic E-state index is -0.183. The molecular formula is C61H40N4O. The lowest BCUT2D eigenvalue weighted by atomic mass is 9.82. The molecule has 0 amide bonds. The quantitative estimate of drug-likeness (QED) is 0.173. The second-order valence-corrected chi connectivity index (χ2v) is 18.2. The average Bonchev–Trinajstić information content (AvgIpc) is 4.07. The minimum absolute atomic E-state index is 0.183. The predicted octanol–water partition coefficient (Wildman–Crippen LogP) is 15.9. The first kappa shape index (κ1) is 36.9. The van der Waals surface area contributed by atoms with E-state index in [1.165, 1.54) is 38.4 Å². The van der Waals surface area contributed by atoms with Crippen molar-refractivity contribution in [3.63, 3.8) is 0 Å². The number of nitrogens with zero attached hydrogens (tertiary/aromatic N) is 4. The molecule has 0 atom stereocenters. The van der Waals surface area contributed by atoms with Gasteiger partial charge in [-0.15, -0.1) is 0 Å². The molecule has 4 heterocycles. The summed E-state index contributed by atoms with van der Waals surface area (Å²) < 4.78 is 11.1. The van der Waals surface area contributed by atoms with Crippen LogP contribution in [0.1, 0.15) is 25.0 Å². The van der Waals surface area contributed by atoms with Gasteiger partial charge in [0.05, 0.1) is 33.5 Å². The first-order chi connectivity index (χ1) is 32.5. The van der Waals surface area contributed by atoms with Crippen molar-refractivity contribution in [3.8, 4) is 56.4 Å². The van der Waals surface area contributed by atoms with Crippen LogP contribution in [0.15, 0.2) is 211 Å². The molecule has 9 aromatic carbocycles. The largest absolute Gasteiger partial charge is 0.456 e. The van der Waals surface area contributed by atoms with E-state index >= 15 is 0 Å². The zero-order valence-electron chi connectivity index (χ0n) is 36.3. The van der Waals surface area contributed by atoms with Crippen LogP contribution >= 0.6 is 0 Å². The molecule has 0 bridgehead atoms. The number of hydrogen-bond acceptors (Lipinski definition) is 3. The third-order valence-electron chi connectivity index (χ3n) is 14.1. The highest BCUT2D eigenvalue weighted by Crippen LogP contribution is 2.51. The summed E-state index contributed by atoms with van der Waals surface area (Å²) >= 11 is 0. The Morgan fingerprint density at radius 3 is 1.62 bits per heavy atom. The molecule has 5 nitrogen and oxygen atoms in total. The molecular weight excluding hydrogens is 805 g/mol. The third-order valence-corrected chi connectivity index (χ3v) is 14.1. The van der Waals surface area contributed by atoms with Crippen molar-refractivity contribution >= 4 is 65.6 Å². The summed E-state index contributed by atoms with van der Waals surface area (Å²) in [5, 5.41) is 6.95. The van der Waals surface area contributed by atoms with E-state index in [2.05, 4.69) is 211 Å². The summed E-state index contributed by atoms with van der Waals surface area (Å²) in [7, 11) is 0. The lowest BCUT2D eigenvalue weighted by Crippen LogP contribution is -2.15. The number of rotatable bonds is 5. The molecule has 310 valence electrons. The average molecular weight is 845 g/mol. The van der Waals surface area contributed by atoms with Crippen molar-refractivity contribution in [1.29, 1.82) is 0 Å². The first-order valence-corrected chi connectivity index (χ1v) is 22.6. The van der Waals surface area contributed by atoms with E-state index < -0.39 is 0 Å². The minimum Gasteiger partial charge on any atom is -0.456 e. The Kier molecular flexibility index (Phi) is 7.68. The zero-order chi connectivity index (χ0) is 43.7. The Morgan fingerprint density at radius 1 is 0.364 bits per heavy atom. The van der Waals surface area contributed by atoms with Gasteiger partial charge in [0.2, 0.25) is 5.95 Å². The van der Waals surface area contributed by atoms with Crippen LogP contribution in [0.2, 0.25) is 0 Å². The highest BCUT2D eigenvalue weighted by molar-refractivity contribution is 6.18. The van der Waals surface area contributed by atoms with Gasteiger partial charge in [-0.05, 0) is 100 Å². The molecule has 66 heavy (non-hydrogen) atoms. The maximum atomic E-state index is 6.44. The molecule has 0 unspecified atom stereocenters. The lowest BCUT2D eigenvalue weighted by Gasteiger charge is -2.21. The molecule has 0 aliphatic heterocycles. The summed E-state index contributed by atoms with van der Waals surface area (Å²) in [5.74, 6) is 0.643. The molecule has 5 heteroatoms. The van der Waals surface area contributed by atoms with Gasteiger partial charge in [0.1, 0.15) is 11.2 Å². The van der Waals surface area contributed by atoms with E-state index in [0.29, 0.717) is 5.95 Å². The van der Waals surface area contributed by atoms with Crippen LogP contribution in [0.4, 0.5) is 0 Å². The number of hydrogen-bond donors (Lipinski definition) is 0. The van der Waals surface area contributed by atoms with E-state index in [-0.39, 0.29) is 5.41 Å². The molecule has 0 saturated heterocycles. The lowest BCUT2D eigenvalue weighted by molar-refractivity contribution is 0.661. The zero-order valence-corrected chi connectivity index (χ0v) is 36.3. The Bertz CT molecular complexity index is 4060. The molecule has 14 rings (SSSR count). The Balaban J connectivity index is 1.03. The van der Waals surface area contributed by atoms with Crippen LogP contribution in [0.25, 0.3) is 122 Å². The first-order valence-electron chi connectivity index (χ1n) is 22.6. The fourth-order valence-corrected chi connectivity index (χ4v) is 10.9. The van der Waals surface area contributed by atoms with Gasteiger partial charge in [-0.25, -0.2) is 9.97 Å².